The lowest BCUT2D eigenvalue weighted by Crippen LogP contribution is -2.30. The molecule has 0 bridgehead atoms. The minimum absolute atomic E-state index is 0.489. The molecule has 0 aliphatic rings. The van der Waals surface area contributed by atoms with Crippen LogP contribution < -0.4 is 0 Å². The van der Waals surface area contributed by atoms with Gasteiger partial charge in [-0.3, -0.25) is 0 Å². The predicted octanol–water partition coefficient (Wildman–Crippen LogP) is 1.94. The van der Waals surface area contributed by atoms with Gasteiger partial charge < -0.3 is 5.11 Å². The summed E-state index contributed by atoms with van der Waals surface area (Å²) >= 11 is 5.85. The third-order valence-corrected chi connectivity index (χ3v) is 1.88. The Morgan fingerprint density at radius 1 is 1.89 bits per heavy atom. The lowest BCUT2D eigenvalue weighted by Gasteiger charge is -2.23. The molecule has 0 radical (unpaired) electrons. The Balaban J connectivity index is 3.84. The minimum Gasteiger partial charge on any atom is -0.392 e. The first-order valence-corrected chi connectivity index (χ1v) is 3.36. The van der Waals surface area contributed by atoms with Crippen LogP contribution in [0.25, 0.3) is 0 Å². The van der Waals surface area contributed by atoms with Gasteiger partial charge in [-0.1, -0.05) is 6.08 Å². The monoisotopic (exact) mass is 148 g/mol. The third kappa shape index (κ3) is 2.87. The molecule has 2 heteroatoms. The van der Waals surface area contributed by atoms with Crippen molar-refractivity contribution in [3.63, 3.8) is 0 Å². The lowest BCUT2D eigenvalue weighted by molar-refractivity contribution is 0.151. The summed E-state index contributed by atoms with van der Waals surface area (Å²) in [5.74, 6) is 0. The standard InChI is InChI=1S/C7H13ClO/c1-4-5-7(3,8)6(2)9/h4,6,9H,1,5H2,2-3H3. The van der Waals surface area contributed by atoms with E-state index in [-0.39, 0.29) is 0 Å². The van der Waals surface area contributed by atoms with Crippen molar-refractivity contribution in [1.29, 1.82) is 0 Å². The zero-order valence-electron chi connectivity index (χ0n) is 5.89. The number of hydrogen-bond donors (Lipinski definition) is 1. The molecule has 0 aromatic carbocycles. The van der Waals surface area contributed by atoms with Crippen molar-refractivity contribution in [2.24, 2.45) is 0 Å². The molecule has 2 atom stereocenters. The van der Waals surface area contributed by atoms with Crippen molar-refractivity contribution in [3.8, 4) is 0 Å². The summed E-state index contributed by atoms with van der Waals surface area (Å²) in [6.45, 7) is 7.00. The molecule has 0 aliphatic heterocycles. The number of allylic oxidation sites excluding steroid dienone is 1. The van der Waals surface area contributed by atoms with Gasteiger partial charge >= 0.3 is 0 Å². The molecule has 9 heavy (non-hydrogen) atoms. The number of rotatable bonds is 3. The van der Waals surface area contributed by atoms with Gasteiger partial charge in [0, 0.05) is 0 Å². The van der Waals surface area contributed by atoms with Crippen LogP contribution in [-0.4, -0.2) is 16.1 Å². The SMILES string of the molecule is C=CCC(C)(Cl)C(C)O. The van der Waals surface area contributed by atoms with E-state index in [0.29, 0.717) is 6.42 Å². The molecule has 54 valence electrons. The van der Waals surface area contributed by atoms with Crippen molar-refractivity contribution >= 4 is 11.6 Å². The normalized spacial score (nSPS) is 20.4. The van der Waals surface area contributed by atoms with Crippen LogP contribution in [0.1, 0.15) is 20.3 Å². The van der Waals surface area contributed by atoms with E-state index >= 15 is 0 Å². The van der Waals surface area contributed by atoms with Crippen molar-refractivity contribution in [2.75, 3.05) is 0 Å². The van der Waals surface area contributed by atoms with Crippen molar-refractivity contribution < 1.29 is 5.11 Å². The summed E-state index contributed by atoms with van der Waals surface area (Å²) in [6, 6.07) is 0. The van der Waals surface area contributed by atoms with E-state index in [9.17, 15) is 0 Å². The van der Waals surface area contributed by atoms with Crippen LogP contribution in [0.3, 0.4) is 0 Å². The molecular weight excluding hydrogens is 136 g/mol. The largest absolute Gasteiger partial charge is 0.392 e. The van der Waals surface area contributed by atoms with Crippen LogP contribution in [0, 0.1) is 0 Å². The molecule has 0 saturated heterocycles. The van der Waals surface area contributed by atoms with E-state index in [1.165, 1.54) is 0 Å². The highest BCUT2D eigenvalue weighted by Crippen LogP contribution is 2.23. The van der Waals surface area contributed by atoms with Crippen LogP contribution in [0.5, 0.6) is 0 Å². The maximum absolute atomic E-state index is 9.03. The van der Waals surface area contributed by atoms with Crippen molar-refractivity contribution in [1.82, 2.24) is 0 Å². The first kappa shape index (κ1) is 8.99. The van der Waals surface area contributed by atoms with Gasteiger partial charge in [0.15, 0.2) is 0 Å². The Labute approximate surface area is 61.3 Å². The van der Waals surface area contributed by atoms with E-state index in [1.54, 1.807) is 19.9 Å². The van der Waals surface area contributed by atoms with Crippen LogP contribution in [0.4, 0.5) is 0 Å². The number of aliphatic hydroxyl groups is 1. The highest BCUT2D eigenvalue weighted by Gasteiger charge is 2.24. The Hall–Kier alpha value is -0.0100. The van der Waals surface area contributed by atoms with Crippen LogP contribution in [-0.2, 0) is 0 Å². The molecule has 0 saturated carbocycles. The topological polar surface area (TPSA) is 20.2 Å². The fraction of sp³-hybridized carbons (Fsp3) is 0.714. The summed E-state index contributed by atoms with van der Waals surface area (Å²) in [5, 5.41) is 9.03. The number of aliphatic hydroxyl groups excluding tert-OH is 1. The average molecular weight is 149 g/mol. The molecule has 0 heterocycles. The second-order valence-electron chi connectivity index (χ2n) is 2.45. The van der Waals surface area contributed by atoms with Gasteiger partial charge in [0.2, 0.25) is 0 Å². The summed E-state index contributed by atoms with van der Waals surface area (Å²) in [7, 11) is 0. The zero-order chi connectivity index (χ0) is 7.49. The predicted molar refractivity (Wildman–Crippen MR) is 40.8 cm³/mol. The molecule has 1 N–H and O–H groups in total. The molecule has 0 spiro atoms. The minimum atomic E-state index is -0.540. The lowest BCUT2D eigenvalue weighted by atomic mass is 10.0. The summed E-state index contributed by atoms with van der Waals surface area (Å²) < 4.78 is 0. The Kier molecular flexibility index (Phi) is 3.23. The molecule has 1 nitrogen and oxygen atoms in total. The number of hydrogen-bond acceptors (Lipinski definition) is 1. The first-order chi connectivity index (χ1) is 4.00. The summed E-state index contributed by atoms with van der Waals surface area (Å²) in [5.41, 5.74) is 0. The van der Waals surface area contributed by atoms with Gasteiger partial charge in [-0.15, -0.1) is 18.2 Å². The number of halogens is 1. The molecule has 0 fully saturated rings. The highest BCUT2D eigenvalue weighted by atomic mass is 35.5. The first-order valence-electron chi connectivity index (χ1n) is 2.98. The van der Waals surface area contributed by atoms with Crippen LogP contribution >= 0.6 is 11.6 Å². The maximum atomic E-state index is 9.03. The maximum Gasteiger partial charge on any atom is 0.0708 e. The Bertz CT molecular complexity index is 97.1. The molecule has 2 unspecified atom stereocenters. The molecular formula is C7H13ClO. The molecule has 0 aliphatic carbocycles. The van der Waals surface area contributed by atoms with E-state index in [2.05, 4.69) is 6.58 Å². The second kappa shape index (κ2) is 3.23. The van der Waals surface area contributed by atoms with Gasteiger partial charge in [-0.25, -0.2) is 0 Å². The molecule has 0 aromatic rings. The fourth-order valence-corrected chi connectivity index (χ4v) is 0.562. The Morgan fingerprint density at radius 2 is 2.33 bits per heavy atom. The van der Waals surface area contributed by atoms with Gasteiger partial charge in [0.25, 0.3) is 0 Å². The van der Waals surface area contributed by atoms with E-state index in [0.717, 1.165) is 0 Å². The van der Waals surface area contributed by atoms with Gasteiger partial charge in [-0.05, 0) is 20.3 Å². The van der Waals surface area contributed by atoms with E-state index < -0.39 is 11.0 Å². The second-order valence-corrected chi connectivity index (χ2v) is 3.31. The quantitative estimate of drug-likeness (QED) is 0.479. The Morgan fingerprint density at radius 3 is 2.44 bits per heavy atom. The van der Waals surface area contributed by atoms with E-state index in [1.807, 2.05) is 0 Å². The molecule has 0 rings (SSSR count). The van der Waals surface area contributed by atoms with Gasteiger partial charge in [-0.2, -0.15) is 0 Å². The smallest absolute Gasteiger partial charge is 0.0708 e. The molecule has 0 aromatic heterocycles. The third-order valence-electron chi connectivity index (χ3n) is 1.41. The summed E-state index contributed by atoms with van der Waals surface area (Å²) in [6.07, 6.45) is 1.85. The van der Waals surface area contributed by atoms with E-state index in [4.69, 9.17) is 16.7 Å². The average Bonchev–Trinajstić information content (AvgIpc) is 1.65. The zero-order valence-corrected chi connectivity index (χ0v) is 6.65. The fourth-order valence-electron chi connectivity index (χ4n) is 0.453. The van der Waals surface area contributed by atoms with Crippen molar-refractivity contribution in [3.05, 3.63) is 12.7 Å². The van der Waals surface area contributed by atoms with Crippen LogP contribution in [0.15, 0.2) is 12.7 Å². The highest BCUT2D eigenvalue weighted by molar-refractivity contribution is 6.24. The van der Waals surface area contributed by atoms with Crippen molar-refractivity contribution in [2.45, 2.75) is 31.2 Å². The van der Waals surface area contributed by atoms with Gasteiger partial charge in [0.05, 0.1) is 11.0 Å². The number of alkyl halides is 1. The molecule has 0 amide bonds. The van der Waals surface area contributed by atoms with Crippen LogP contribution in [0.2, 0.25) is 0 Å². The summed E-state index contributed by atoms with van der Waals surface area (Å²) in [4.78, 5) is -0.540. The van der Waals surface area contributed by atoms with Gasteiger partial charge in [0.1, 0.15) is 0 Å².